The van der Waals surface area contributed by atoms with Gasteiger partial charge in [0.2, 0.25) is 5.60 Å². The second-order valence-corrected chi connectivity index (χ2v) is 7.11. The van der Waals surface area contributed by atoms with Crippen LogP contribution < -0.4 is 4.90 Å². The Bertz CT molecular complexity index is 677. The molecule has 0 aromatic heterocycles. The first-order chi connectivity index (χ1) is 11.0. The summed E-state index contributed by atoms with van der Waals surface area (Å²) in [4.78, 5) is 26.5. The van der Waals surface area contributed by atoms with Gasteiger partial charge in [-0.2, -0.15) is 0 Å². The highest BCUT2D eigenvalue weighted by Gasteiger charge is 2.49. The van der Waals surface area contributed by atoms with Gasteiger partial charge in [-0.25, -0.2) is 9.69 Å². The van der Waals surface area contributed by atoms with Crippen molar-refractivity contribution < 1.29 is 14.3 Å². The van der Waals surface area contributed by atoms with Crippen LogP contribution in [-0.4, -0.2) is 40.9 Å². The van der Waals surface area contributed by atoms with Crippen molar-refractivity contribution in [2.24, 2.45) is 0 Å². The van der Waals surface area contributed by atoms with Crippen LogP contribution in [0.15, 0.2) is 30.9 Å². The molecular weight excluding hydrogens is 391 g/mol. The molecule has 0 bridgehead atoms. The van der Waals surface area contributed by atoms with Crippen molar-refractivity contribution in [1.82, 2.24) is 4.90 Å². The summed E-state index contributed by atoms with van der Waals surface area (Å²) in [6, 6.07) is 4.42. The van der Waals surface area contributed by atoms with Gasteiger partial charge in [-0.3, -0.25) is 4.79 Å². The minimum atomic E-state index is -1.36. The highest BCUT2D eigenvalue weighted by atomic mass is 35.5. The smallest absolute Gasteiger partial charge is 0.422 e. The topological polar surface area (TPSA) is 49.9 Å². The molecule has 1 unspecified atom stereocenters. The van der Waals surface area contributed by atoms with Crippen LogP contribution in [0.5, 0.6) is 0 Å². The van der Waals surface area contributed by atoms with E-state index in [9.17, 15) is 9.59 Å². The second kappa shape index (κ2) is 8.20. The molecule has 1 aromatic carbocycles. The van der Waals surface area contributed by atoms with Crippen LogP contribution in [-0.2, 0) is 9.53 Å². The van der Waals surface area contributed by atoms with Gasteiger partial charge < -0.3 is 9.64 Å². The first-order valence-electron chi connectivity index (χ1n) is 6.59. The lowest BCUT2D eigenvalue weighted by Crippen LogP contribution is -2.37. The monoisotopic (exact) mass is 406 g/mol. The highest BCUT2D eigenvalue weighted by molar-refractivity contribution is 8.10. The first kappa shape index (κ1) is 20.8. The summed E-state index contributed by atoms with van der Waals surface area (Å²) < 4.78 is 5.61. The highest BCUT2D eigenvalue weighted by Crippen LogP contribution is 2.33. The number of amides is 2. The fraction of sp³-hybridized carbons (Fsp3) is 0.267. The van der Waals surface area contributed by atoms with Gasteiger partial charge in [0.15, 0.2) is 0 Å². The number of imide groups is 1. The number of thiol groups is 1. The van der Waals surface area contributed by atoms with E-state index in [1.807, 2.05) is 14.1 Å². The molecular formula is C15H16Cl2N2O3S2. The predicted octanol–water partition coefficient (Wildman–Crippen LogP) is 4.18. The summed E-state index contributed by atoms with van der Waals surface area (Å²) in [7, 11) is 3.71. The third-order valence-corrected chi connectivity index (χ3v) is 4.19. The van der Waals surface area contributed by atoms with E-state index in [2.05, 4.69) is 31.4 Å². The summed E-state index contributed by atoms with van der Waals surface area (Å²) in [5.41, 5.74) is -1.08. The van der Waals surface area contributed by atoms with Gasteiger partial charge in [-0.05, 0) is 31.2 Å². The van der Waals surface area contributed by atoms with Gasteiger partial charge in [-0.1, -0.05) is 42.0 Å². The fourth-order valence-electron chi connectivity index (χ4n) is 1.60. The molecule has 1 atom stereocenters. The molecule has 24 heavy (non-hydrogen) atoms. The molecule has 2 amide bonds. The maximum Gasteiger partial charge on any atom is 0.422 e. The molecule has 9 heteroatoms. The predicted molar refractivity (Wildman–Crippen MR) is 104 cm³/mol. The van der Waals surface area contributed by atoms with Gasteiger partial charge >= 0.3 is 6.09 Å². The summed E-state index contributed by atoms with van der Waals surface area (Å²) >= 11 is 20.1. The zero-order valence-electron chi connectivity index (χ0n) is 13.2. The first-order valence-corrected chi connectivity index (χ1v) is 8.20. The number of thiocarbonyl (C=S) groups is 1. The number of anilines is 1. The molecule has 1 saturated heterocycles. The number of nitrogens with zero attached hydrogens (tertiary/aromatic N) is 2. The maximum absolute atomic E-state index is 12.1. The van der Waals surface area contributed by atoms with E-state index in [0.29, 0.717) is 14.4 Å². The Hall–Kier alpha value is -1.28. The SMILES string of the molecule is C=CC1(C)OC(=O)N(c2cc(Cl)cc(Cl)c2)C1=O.CN(C)C(=S)S. The van der Waals surface area contributed by atoms with Gasteiger partial charge in [-0.15, -0.1) is 12.6 Å². The number of benzene rings is 1. The van der Waals surface area contributed by atoms with E-state index in [0.717, 1.165) is 4.90 Å². The van der Waals surface area contributed by atoms with Crippen molar-refractivity contribution in [3.63, 3.8) is 0 Å². The van der Waals surface area contributed by atoms with Crippen molar-refractivity contribution in [2.75, 3.05) is 19.0 Å². The Labute approximate surface area is 161 Å². The molecule has 0 saturated carbocycles. The van der Waals surface area contributed by atoms with Crippen LogP contribution >= 0.6 is 48.0 Å². The fourth-order valence-corrected chi connectivity index (χ4v) is 2.11. The summed E-state index contributed by atoms with van der Waals surface area (Å²) in [6.07, 6.45) is 0.500. The standard InChI is InChI=1S/C12H9Cl2NO3.C3H7NS2/c1-3-12(2)10(16)15(11(17)18-12)9-5-7(13)4-8(14)6-9;1-4(2)3(5)6/h3-6H,1H2,2H3;1-2H3,(H,5,6). The Morgan fingerprint density at radius 1 is 1.33 bits per heavy atom. The molecule has 1 aliphatic heterocycles. The van der Waals surface area contributed by atoms with E-state index in [1.165, 1.54) is 31.2 Å². The lowest BCUT2D eigenvalue weighted by Gasteiger charge is -2.15. The molecule has 1 aromatic rings. The van der Waals surface area contributed by atoms with E-state index < -0.39 is 17.6 Å². The Balaban J connectivity index is 0.000000413. The van der Waals surface area contributed by atoms with E-state index in [-0.39, 0.29) is 5.69 Å². The minimum absolute atomic E-state index is 0.271. The molecule has 1 aliphatic rings. The van der Waals surface area contributed by atoms with E-state index >= 15 is 0 Å². The minimum Gasteiger partial charge on any atom is -0.428 e. The van der Waals surface area contributed by atoms with E-state index in [4.69, 9.17) is 27.9 Å². The molecule has 0 N–H and O–H groups in total. The number of carbonyl (C=O) groups is 2. The van der Waals surface area contributed by atoms with Gasteiger partial charge in [0, 0.05) is 24.1 Å². The van der Waals surface area contributed by atoms with Gasteiger partial charge in [0.1, 0.15) is 4.32 Å². The molecule has 1 fully saturated rings. The largest absolute Gasteiger partial charge is 0.428 e. The zero-order chi connectivity index (χ0) is 18.7. The average Bonchev–Trinajstić information content (AvgIpc) is 2.69. The number of halogens is 2. The summed E-state index contributed by atoms with van der Waals surface area (Å²) in [5, 5.41) is 0.649. The van der Waals surface area contributed by atoms with Crippen molar-refractivity contribution in [1.29, 1.82) is 0 Å². The Kier molecular flexibility index (Phi) is 7.10. The van der Waals surface area contributed by atoms with Crippen LogP contribution in [0.3, 0.4) is 0 Å². The van der Waals surface area contributed by atoms with Crippen LogP contribution in [0.2, 0.25) is 10.0 Å². The quantitative estimate of drug-likeness (QED) is 0.453. The lowest BCUT2D eigenvalue weighted by molar-refractivity contribution is -0.125. The average molecular weight is 407 g/mol. The summed E-state index contributed by atoms with van der Waals surface area (Å²) in [5.74, 6) is -0.527. The molecule has 130 valence electrons. The van der Waals surface area contributed by atoms with Crippen LogP contribution in [0, 0.1) is 0 Å². The van der Waals surface area contributed by atoms with Crippen molar-refractivity contribution in [3.05, 3.63) is 40.9 Å². The van der Waals surface area contributed by atoms with E-state index in [1.54, 1.807) is 4.90 Å². The van der Waals surface area contributed by atoms with Crippen molar-refractivity contribution in [3.8, 4) is 0 Å². The second-order valence-electron chi connectivity index (χ2n) is 5.12. The lowest BCUT2D eigenvalue weighted by atomic mass is 10.1. The van der Waals surface area contributed by atoms with Crippen molar-refractivity contribution in [2.45, 2.75) is 12.5 Å². The van der Waals surface area contributed by atoms with Crippen LogP contribution in [0.1, 0.15) is 6.92 Å². The normalized spacial score (nSPS) is 19.3. The number of rotatable bonds is 2. The van der Waals surface area contributed by atoms with Crippen LogP contribution in [0.4, 0.5) is 10.5 Å². The van der Waals surface area contributed by atoms with Gasteiger partial charge in [0.25, 0.3) is 5.91 Å². The summed E-state index contributed by atoms with van der Waals surface area (Å²) in [6.45, 7) is 4.95. The molecule has 5 nitrogen and oxygen atoms in total. The van der Waals surface area contributed by atoms with Gasteiger partial charge in [0.05, 0.1) is 5.69 Å². The maximum atomic E-state index is 12.1. The molecule has 1 heterocycles. The van der Waals surface area contributed by atoms with Crippen molar-refractivity contribution >= 4 is 70.1 Å². The molecule has 0 aliphatic carbocycles. The zero-order valence-corrected chi connectivity index (χ0v) is 16.5. The molecule has 0 radical (unpaired) electrons. The molecule has 0 spiro atoms. The number of hydrogen-bond donors (Lipinski definition) is 1. The van der Waals surface area contributed by atoms with Crippen LogP contribution in [0.25, 0.3) is 0 Å². The number of ether oxygens (including phenoxy) is 1. The third kappa shape index (κ3) is 4.86. The third-order valence-electron chi connectivity index (χ3n) is 2.99. The Morgan fingerprint density at radius 3 is 2.12 bits per heavy atom. The molecule has 2 rings (SSSR count). The number of cyclic esters (lactones) is 1. The Morgan fingerprint density at radius 2 is 1.79 bits per heavy atom. The number of carbonyl (C=O) groups excluding carboxylic acids is 2. The number of hydrogen-bond acceptors (Lipinski definition) is 4.